The fourth-order valence-corrected chi connectivity index (χ4v) is 1.82. The van der Waals surface area contributed by atoms with Gasteiger partial charge in [0.1, 0.15) is 11.3 Å². The summed E-state index contributed by atoms with van der Waals surface area (Å²) in [7, 11) is 0. The zero-order valence-electron chi connectivity index (χ0n) is 8.72. The van der Waals surface area contributed by atoms with Crippen molar-refractivity contribution in [2.75, 3.05) is 31.2 Å². The van der Waals surface area contributed by atoms with Gasteiger partial charge in [-0.3, -0.25) is 0 Å². The van der Waals surface area contributed by atoms with E-state index < -0.39 is 5.97 Å². The Bertz CT molecular complexity index is 399. The van der Waals surface area contributed by atoms with Crippen molar-refractivity contribution in [1.82, 2.24) is 0 Å². The molecule has 0 atom stereocenters. The van der Waals surface area contributed by atoms with E-state index >= 15 is 0 Å². The van der Waals surface area contributed by atoms with Crippen molar-refractivity contribution in [3.8, 4) is 5.75 Å². The molecule has 1 aromatic carbocycles. The molecule has 1 fully saturated rings. The molecule has 0 amide bonds. The van der Waals surface area contributed by atoms with Gasteiger partial charge in [0, 0.05) is 13.1 Å². The summed E-state index contributed by atoms with van der Waals surface area (Å²) >= 11 is 0. The lowest BCUT2D eigenvalue weighted by molar-refractivity contribution is 0.0693. The minimum Gasteiger partial charge on any atom is -0.507 e. The summed E-state index contributed by atoms with van der Waals surface area (Å²) in [4.78, 5) is 13.0. The fourth-order valence-electron chi connectivity index (χ4n) is 1.82. The van der Waals surface area contributed by atoms with Crippen LogP contribution < -0.4 is 4.90 Å². The zero-order chi connectivity index (χ0) is 11.5. The number of carboxylic acids is 1. The Morgan fingerprint density at radius 3 is 2.62 bits per heavy atom. The Morgan fingerprint density at radius 2 is 2.00 bits per heavy atom. The zero-order valence-corrected chi connectivity index (χ0v) is 8.72. The molecule has 0 radical (unpaired) electrons. The van der Waals surface area contributed by atoms with Crippen LogP contribution in [0, 0.1) is 0 Å². The smallest absolute Gasteiger partial charge is 0.341 e. The van der Waals surface area contributed by atoms with Crippen LogP contribution in [0.15, 0.2) is 18.2 Å². The Balaban J connectivity index is 2.38. The van der Waals surface area contributed by atoms with E-state index in [4.69, 9.17) is 9.84 Å². The normalized spacial score (nSPS) is 16.1. The van der Waals surface area contributed by atoms with Crippen LogP contribution in [0.4, 0.5) is 5.69 Å². The van der Waals surface area contributed by atoms with Crippen molar-refractivity contribution < 1.29 is 19.7 Å². The number of nitrogens with zero attached hydrogens (tertiary/aromatic N) is 1. The molecule has 5 heteroatoms. The Labute approximate surface area is 92.9 Å². The summed E-state index contributed by atoms with van der Waals surface area (Å²) in [5.74, 6) is -1.31. The lowest BCUT2D eigenvalue weighted by Gasteiger charge is -2.30. The van der Waals surface area contributed by atoms with E-state index in [2.05, 4.69) is 0 Å². The maximum absolute atomic E-state index is 11.1. The van der Waals surface area contributed by atoms with E-state index in [1.807, 2.05) is 4.90 Å². The number of hydrogen-bond acceptors (Lipinski definition) is 4. The van der Waals surface area contributed by atoms with Gasteiger partial charge in [-0.1, -0.05) is 6.07 Å². The average Bonchev–Trinajstić information content (AvgIpc) is 2.29. The molecule has 0 aromatic heterocycles. The maximum atomic E-state index is 11.1. The minimum absolute atomic E-state index is 0.0376. The van der Waals surface area contributed by atoms with Gasteiger partial charge in [0.25, 0.3) is 0 Å². The van der Waals surface area contributed by atoms with Gasteiger partial charge in [-0.15, -0.1) is 0 Å². The third kappa shape index (κ3) is 1.94. The first-order valence-corrected chi connectivity index (χ1v) is 5.08. The minimum atomic E-state index is -1.11. The van der Waals surface area contributed by atoms with Gasteiger partial charge in [-0.05, 0) is 12.1 Å². The van der Waals surface area contributed by atoms with Crippen LogP contribution >= 0.6 is 0 Å². The standard InChI is InChI=1S/C11H13NO4/c13-9-3-1-2-8(10(9)11(14)15)12-4-6-16-7-5-12/h1-3,13H,4-7H2,(H,14,15). The van der Waals surface area contributed by atoms with E-state index in [0.29, 0.717) is 32.0 Å². The number of morpholine rings is 1. The van der Waals surface area contributed by atoms with Crippen LogP contribution in [0.3, 0.4) is 0 Å². The van der Waals surface area contributed by atoms with Crippen molar-refractivity contribution in [3.63, 3.8) is 0 Å². The molecule has 0 bridgehead atoms. The van der Waals surface area contributed by atoms with Gasteiger partial charge in [-0.2, -0.15) is 0 Å². The van der Waals surface area contributed by atoms with Crippen LogP contribution in [0.5, 0.6) is 5.75 Å². The topological polar surface area (TPSA) is 70.0 Å². The van der Waals surface area contributed by atoms with E-state index in [-0.39, 0.29) is 11.3 Å². The van der Waals surface area contributed by atoms with Crippen LogP contribution in [0.25, 0.3) is 0 Å². The number of rotatable bonds is 2. The molecule has 16 heavy (non-hydrogen) atoms. The van der Waals surface area contributed by atoms with Gasteiger partial charge in [0.2, 0.25) is 0 Å². The van der Waals surface area contributed by atoms with Crippen molar-refractivity contribution in [2.24, 2.45) is 0 Å². The van der Waals surface area contributed by atoms with E-state index in [9.17, 15) is 9.90 Å². The van der Waals surface area contributed by atoms with Crippen LogP contribution in [0.2, 0.25) is 0 Å². The predicted octanol–water partition coefficient (Wildman–Crippen LogP) is 0.927. The molecule has 2 rings (SSSR count). The highest BCUT2D eigenvalue weighted by Crippen LogP contribution is 2.28. The number of ether oxygens (including phenoxy) is 1. The van der Waals surface area contributed by atoms with E-state index in [1.54, 1.807) is 12.1 Å². The first kappa shape index (κ1) is 10.8. The highest BCUT2D eigenvalue weighted by molar-refractivity contribution is 5.97. The summed E-state index contributed by atoms with van der Waals surface area (Å²) < 4.78 is 5.20. The van der Waals surface area contributed by atoms with Gasteiger partial charge in [0.05, 0.1) is 18.9 Å². The van der Waals surface area contributed by atoms with Gasteiger partial charge >= 0.3 is 5.97 Å². The lowest BCUT2D eigenvalue weighted by Crippen LogP contribution is -2.37. The Morgan fingerprint density at radius 1 is 1.31 bits per heavy atom. The third-order valence-corrected chi connectivity index (χ3v) is 2.59. The molecule has 1 aromatic rings. The number of benzene rings is 1. The Kier molecular flexibility index (Phi) is 2.96. The summed E-state index contributed by atoms with van der Waals surface area (Å²) in [5, 5.41) is 18.6. The van der Waals surface area contributed by atoms with Crippen LogP contribution in [-0.2, 0) is 4.74 Å². The molecule has 1 aliphatic rings. The predicted molar refractivity (Wildman–Crippen MR) is 58.1 cm³/mol. The molecule has 86 valence electrons. The van der Waals surface area contributed by atoms with Crippen molar-refractivity contribution in [2.45, 2.75) is 0 Å². The number of carbonyl (C=O) groups is 1. The summed E-state index contributed by atoms with van der Waals surface area (Å²) in [6, 6.07) is 4.73. The second-order valence-corrected chi connectivity index (χ2v) is 3.58. The quantitative estimate of drug-likeness (QED) is 0.780. The molecule has 1 heterocycles. The molecule has 0 spiro atoms. The fraction of sp³-hybridized carbons (Fsp3) is 0.364. The first-order chi connectivity index (χ1) is 7.70. The molecule has 0 saturated carbocycles. The average molecular weight is 223 g/mol. The van der Waals surface area contributed by atoms with Gasteiger partial charge in [0.15, 0.2) is 0 Å². The molecule has 1 saturated heterocycles. The van der Waals surface area contributed by atoms with Crippen LogP contribution in [0.1, 0.15) is 10.4 Å². The van der Waals surface area contributed by atoms with E-state index in [0.717, 1.165) is 0 Å². The third-order valence-electron chi connectivity index (χ3n) is 2.59. The molecular weight excluding hydrogens is 210 g/mol. The van der Waals surface area contributed by atoms with Gasteiger partial charge < -0.3 is 19.8 Å². The van der Waals surface area contributed by atoms with Crippen molar-refractivity contribution >= 4 is 11.7 Å². The largest absolute Gasteiger partial charge is 0.507 e. The summed E-state index contributed by atoms with van der Waals surface area (Å²) in [6.45, 7) is 2.44. The number of aromatic hydroxyl groups is 1. The monoisotopic (exact) mass is 223 g/mol. The number of phenols is 1. The summed E-state index contributed by atoms with van der Waals surface area (Å²) in [6.07, 6.45) is 0. The number of anilines is 1. The second kappa shape index (κ2) is 4.40. The van der Waals surface area contributed by atoms with Crippen LogP contribution in [-0.4, -0.2) is 42.5 Å². The molecular formula is C11H13NO4. The highest BCUT2D eigenvalue weighted by atomic mass is 16.5. The molecule has 0 unspecified atom stereocenters. The highest BCUT2D eigenvalue weighted by Gasteiger charge is 2.21. The number of aromatic carboxylic acids is 1. The molecule has 2 N–H and O–H groups in total. The maximum Gasteiger partial charge on any atom is 0.341 e. The number of hydrogen-bond donors (Lipinski definition) is 2. The Hall–Kier alpha value is -1.75. The van der Waals surface area contributed by atoms with Crippen molar-refractivity contribution in [1.29, 1.82) is 0 Å². The molecule has 0 aliphatic carbocycles. The second-order valence-electron chi connectivity index (χ2n) is 3.58. The van der Waals surface area contributed by atoms with Crippen molar-refractivity contribution in [3.05, 3.63) is 23.8 Å². The summed E-state index contributed by atoms with van der Waals surface area (Å²) in [5.41, 5.74) is 0.514. The van der Waals surface area contributed by atoms with Gasteiger partial charge in [-0.25, -0.2) is 4.79 Å². The number of carboxylic acid groups (broad SMARTS) is 1. The molecule has 5 nitrogen and oxygen atoms in total. The first-order valence-electron chi connectivity index (χ1n) is 5.08. The lowest BCUT2D eigenvalue weighted by atomic mass is 10.1. The SMILES string of the molecule is O=C(O)c1c(O)cccc1N1CCOCC1. The molecule has 1 aliphatic heterocycles. The van der Waals surface area contributed by atoms with E-state index in [1.165, 1.54) is 6.07 Å².